The molecule has 0 radical (unpaired) electrons. The lowest BCUT2D eigenvalue weighted by Crippen LogP contribution is -2.29. The summed E-state index contributed by atoms with van der Waals surface area (Å²) in [5.74, 6) is -2.56. The van der Waals surface area contributed by atoms with Gasteiger partial charge in [0.05, 0.1) is 30.5 Å². The van der Waals surface area contributed by atoms with Crippen LogP contribution in [0.2, 0.25) is 5.02 Å². The number of rotatable bonds is 6. The van der Waals surface area contributed by atoms with Crippen molar-refractivity contribution in [1.29, 1.82) is 0 Å². The van der Waals surface area contributed by atoms with Gasteiger partial charge in [-0.15, -0.1) is 0 Å². The highest BCUT2D eigenvalue weighted by Crippen LogP contribution is 2.49. The summed E-state index contributed by atoms with van der Waals surface area (Å²) in [7, 11) is 2.65. The lowest BCUT2D eigenvalue weighted by atomic mass is 9.79. The number of esters is 1. The SMILES string of the molecule is COC(=O)C1=C(C)NC2=C(C(=O)c3ccccc32)C1c1cc(Cl)c(OCC(=O)O)c(OC)c1. The first-order valence-corrected chi connectivity index (χ1v) is 10.3. The maximum atomic E-state index is 13.4. The lowest BCUT2D eigenvalue weighted by molar-refractivity contribution is -0.139. The Kier molecular flexibility index (Phi) is 5.86. The number of carboxylic acids is 1. The van der Waals surface area contributed by atoms with Crippen LogP contribution in [-0.4, -0.2) is 43.7 Å². The first-order valence-electron chi connectivity index (χ1n) is 9.94. The topological polar surface area (TPSA) is 111 Å². The molecule has 0 bridgehead atoms. The summed E-state index contributed by atoms with van der Waals surface area (Å²) in [5.41, 5.74) is 3.57. The van der Waals surface area contributed by atoms with Gasteiger partial charge in [0, 0.05) is 28.3 Å². The Bertz CT molecular complexity index is 1260. The van der Waals surface area contributed by atoms with Crippen molar-refractivity contribution in [2.75, 3.05) is 20.8 Å². The standard InChI is InChI=1S/C24H20ClNO7/c1-11-18(24(30)32-3)19(20-21(26-11)13-6-4-5-7-14(13)22(20)29)12-8-15(25)23(16(9-12)31-2)33-10-17(27)28/h4-9,19,26H,10H2,1-3H3,(H,27,28). The van der Waals surface area contributed by atoms with Crippen molar-refractivity contribution in [2.45, 2.75) is 12.8 Å². The zero-order valence-corrected chi connectivity index (χ0v) is 18.8. The van der Waals surface area contributed by atoms with Gasteiger partial charge < -0.3 is 24.6 Å². The van der Waals surface area contributed by atoms with Crippen LogP contribution in [0.5, 0.6) is 11.5 Å². The lowest BCUT2D eigenvalue weighted by Gasteiger charge is -2.29. The minimum Gasteiger partial charge on any atom is -0.493 e. The van der Waals surface area contributed by atoms with E-state index in [1.165, 1.54) is 20.3 Å². The average molecular weight is 470 g/mol. The molecule has 4 rings (SSSR count). The largest absolute Gasteiger partial charge is 0.493 e. The molecule has 0 saturated carbocycles. The third kappa shape index (κ3) is 3.72. The summed E-state index contributed by atoms with van der Waals surface area (Å²) >= 11 is 6.44. The Morgan fingerprint density at radius 3 is 2.48 bits per heavy atom. The van der Waals surface area contributed by atoms with Crippen LogP contribution in [0.15, 0.2) is 53.2 Å². The van der Waals surface area contributed by atoms with E-state index in [1.54, 1.807) is 25.1 Å². The van der Waals surface area contributed by atoms with Crippen LogP contribution in [0.25, 0.3) is 5.70 Å². The Morgan fingerprint density at radius 2 is 1.85 bits per heavy atom. The molecule has 9 heteroatoms. The van der Waals surface area contributed by atoms with E-state index < -0.39 is 24.5 Å². The highest BCUT2D eigenvalue weighted by Gasteiger charge is 2.43. The fraction of sp³-hybridized carbons (Fsp3) is 0.208. The Labute approximate surface area is 194 Å². The number of ether oxygens (including phenoxy) is 3. The molecule has 8 nitrogen and oxygen atoms in total. The van der Waals surface area contributed by atoms with E-state index in [4.69, 9.17) is 30.9 Å². The Morgan fingerprint density at radius 1 is 1.15 bits per heavy atom. The van der Waals surface area contributed by atoms with Gasteiger partial charge in [-0.3, -0.25) is 4.79 Å². The molecule has 2 N–H and O–H groups in total. The minimum absolute atomic E-state index is 0.0507. The van der Waals surface area contributed by atoms with E-state index in [1.807, 2.05) is 12.1 Å². The monoisotopic (exact) mass is 469 g/mol. The number of aliphatic carboxylic acids is 1. The molecule has 0 aromatic heterocycles. The number of ketones is 1. The summed E-state index contributed by atoms with van der Waals surface area (Å²) in [5, 5.41) is 12.2. The van der Waals surface area contributed by atoms with E-state index in [9.17, 15) is 14.4 Å². The van der Waals surface area contributed by atoms with Gasteiger partial charge in [0.15, 0.2) is 23.9 Å². The number of halogens is 1. The molecule has 33 heavy (non-hydrogen) atoms. The van der Waals surface area contributed by atoms with E-state index in [2.05, 4.69) is 5.32 Å². The smallest absolute Gasteiger partial charge is 0.341 e. The highest BCUT2D eigenvalue weighted by molar-refractivity contribution is 6.32. The molecule has 170 valence electrons. The number of allylic oxidation sites excluding steroid dienone is 2. The van der Waals surface area contributed by atoms with E-state index >= 15 is 0 Å². The number of nitrogens with one attached hydrogen (secondary N) is 1. The van der Waals surface area contributed by atoms with Crippen LogP contribution in [0.3, 0.4) is 0 Å². The summed E-state index contributed by atoms with van der Waals surface area (Å²) in [6, 6.07) is 10.3. The van der Waals surface area contributed by atoms with E-state index in [-0.39, 0.29) is 27.9 Å². The predicted molar refractivity (Wildman–Crippen MR) is 119 cm³/mol. The second-order valence-corrected chi connectivity index (χ2v) is 7.88. The van der Waals surface area contributed by atoms with Crippen LogP contribution in [0.1, 0.15) is 34.3 Å². The van der Waals surface area contributed by atoms with Crippen LogP contribution in [-0.2, 0) is 14.3 Å². The van der Waals surface area contributed by atoms with Crippen molar-refractivity contribution >= 4 is 35.0 Å². The average Bonchev–Trinajstić information content (AvgIpc) is 3.08. The van der Waals surface area contributed by atoms with Crippen molar-refractivity contribution in [3.8, 4) is 11.5 Å². The van der Waals surface area contributed by atoms with Gasteiger partial charge in [-0.1, -0.05) is 35.9 Å². The minimum atomic E-state index is -1.17. The van der Waals surface area contributed by atoms with Gasteiger partial charge in [0.1, 0.15) is 0 Å². The van der Waals surface area contributed by atoms with Crippen LogP contribution >= 0.6 is 11.6 Å². The molecule has 1 unspecified atom stereocenters. The van der Waals surface area contributed by atoms with Crippen molar-refractivity contribution in [3.63, 3.8) is 0 Å². The normalized spacial score (nSPS) is 16.7. The third-order valence-electron chi connectivity index (χ3n) is 5.58. The summed E-state index contributed by atoms with van der Waals surface area (Å²) in [6.45, 7) is 1.12. The van der Waals surface area contributed by atoms with Gasteiger partial charge in [-0.05, 0) is 24.6 Å². The van der Waals surface area contributed by atoms with Crippen molar-refractivity contribution in [3.05, 3.63) is 75.0 Å². The number of carbonyl (C=O) groups is 3. The number of hydrogen-bond acceptors (Lipinski definition) is 7. The highest BCUT2D eigenvalue weighted by atomic mass is 35.5. The van der Waals surface area contributed by atoms with Crippen LogP contribution in [0.4, 0.5) is 0 Å². The summed E-state index contributed by atoms with van der Waals surface area (Å²) in [6.07, 6.45) is 0. The number of dihydropyridines is 1. The van der Waals surface area contributed by atoms with Crippen molar-refractivity contribution < 1.29 is 33.7 Å². The molecule has 2 aromatic carbocycles. The number of hydrogen-bond donors (Lipinski definition) is 2. The van der Waals surface area contributed by atoms with E-state index in [0.717, 1.165) is 5.56 Å². The van der Waals surface area contributed by atoms with Crippen molar-refractivity contribution in [2.24, 2.45) is 0 Å². The molecule has 2 aliphatic rings. The quantitative estimate of drug-likeness (QED) is 0.618. The fourth-order valence-corrected chi connectivity index (χ4v) is 4.50. The van der Waals surface area contributed by atoms with Gasteiger partial charge in [0.2, 0.25) is 0 Å². The zero-order chi connectivity index (χ0) is 23.9. The molecule has 0 fully saturated rings. The molecule has 0 spiro atoms. The van der Waals surface area contributed by atoms with Gasteiger partial charge in [-0.2, -0.15) is 0 Å². The summed E-state index contributed by atoms with van der Waals surface area (Å²) in [4.78, 5) is 37.2. The summed E-state index contributed by atoms with van der Waals surface area (Å²) < 4.78 is 15.7. The molecule has 0 saturated heterocycles. The number of carbonyl (C=O) groups excluding carboxylic acids is 2. The third-order valence-corrected chi connectivity index (χ3v) is 5.86. The molecule has 1 atom stereocenters. The number of benzene rings is 2. The molecule has 1 aliphatic heterocycles. The second-order valence-electron chi connectivity index (χ2n) is 7.47. The molecular formula is C24H20ClNO7. The maximum absolute atomic E-state index is 13.4. The first kappa shape index (κ1) is 22.4. The van der Waals surface area contributed by atoms with Gasteiger partial charge in [-0.25, -0.2) is 9.59 Å². The van der Waals surface area contributed by atoms with Gasteiger partial charge in [0.25, 0.3) is 0 Å². The van der Waals surface area contributed by atoms with E-state index in [0.29, 0.717) is 28.1 Å². The zero-order valence-electron chi connectivity index (χ0n) is 18.0. The maximum Gasteiger partial charge on any atom is 0.341 e. The second kappa shape index (κ2) is 8.63. The first-order chi connectivity index (χ1) is 15.8. The van der Waals surface area contributed by atoms with Crippen LogP contribution in [0, 0.1) is 0 Å². The van der Waals surface area contributed by atoms with Gasteiger partial charge >= 0.3 is 11.9 Å². The van der Waals surface area contributed by atoms with Crippen molar-refractivity contribution in [1.82, 2.24) is 5.32 Å². The molecule has 2 aromatic rings. The number of carboxylic acid groups (broad SMARTS) is 1. The molecule has 0 amide bonds. The molecular weight excluding hydrogens is 450 g/mol. The van der Waals surface area contributed by atoms with Crippen LogP contribution < -0.4 is 14.8 Å². The molecule has 1 heterocycles. The number of methoxy groups -OCH3 is 2. The molecule has 1 aliphatic carbocycles. The Balaban J connectivity index is 1.92. The fourth-order valence-electron chi connectivity index (χ4n) is 4.22. The Hall–Kier alpha value is -3.78. The number of Topliss-reactive ketones (excluding diaryl/α,β-unsaturated/α-hetero) is 1. The number of fused-ring (bicyclic) bond motifs is 2. The predicted octanol–water partition coefficient (Wildman–Crippen LogP) is 3.55.